The van der Waals surface area contributed by atoms with Crippen molar-refractivity contribution in [3.05, 3.63) is 70.3 Å². The molecule has 6 heteroatoms. The lowest BCUT2D eigenvalue weighted by Gasteiger charge is -2.26. The van der Waals surface area contributed by atoms with Crippen molar-refractivity contribution in [2.24, 2.45) is 0 Å². The first-order valence-electron chi connectivity index (χ1n) is 10.6. The number of likely N-dealkylation sites (tertiary alicyclic amines) is 1. The van der Waals surface area contributed by atoms with Gasteiger partial charge >= 0.3 is 0 Å². The normalized spacial score (nSPS) is 16.6. The molecule has 1 N–H and O–H groups in total. The summed E-state index contributed by atoms with van der Waals surface area (Å²) in [6.07, 6.45) is 3.72. The SMILES string of the molecule is Cc1cccc(CN2C(=O)c3ccc(C(=O)NCCN4CCCCC4)cc3C2=O)c1. The highest BCUT2D eigenvalue weighted by Crippen LogP contribution is 2.26. The fourth-order valence-corrected chi connectivity index (χ4v) is 4.18. The third-order valence-corrected chi connectivity index (χ3v) is 5.82. The topological polar surface area (TPSA) is 69.7 Å². The van der Waals surface area contributed by atoms with Gasteiger partial charge in [-0.3, -0.25) is 19.3 Å². The molecule has 1 saturated heterocycles. The molecule has 2 aliphatic rings. The fourth-order valence-electron chi connectivity index (χ4n) is 4.18. The predicted octanol–water partition coefficient (Wildman–Crippen LogP) is 3.01. The van der Waals surface area contributed by atoms with Crippen molar-refractivity contribution < 1.29 is 14.4 Å². The molecule has 1 fully saturated rings. The largest absolute Gasteiger partial charge is 0.351 e. The number of amides is 3. The van der Waals surface area contributed by atoms with Crippen LogP contribution in [0.25, 0.3) is 0 Å². The zero-order valence-corrected chi connectivity index (χ0v) is 17.3. The van der Waals surface area contributed by atoms with Crippen LogP contribution in [0.2, 0.25) is 0 Å². The highest BCUT2D eigenvalue weighted by atomic mass is 16.2. The van der Waals surface area contributed by atoms with E-state index in [9.17, 15) is 14.4 Å². The van der Waals surface area contributed by atoms with Gasteiger partial charge in [-0.1, -0.05) is 36.2 Å². The Balaban J connectivity index is 1.41. The lowest BCUT2D eigenvalue weighted by Crippen LogP contribution is -2.37. The molecule has 2 aliphatic heterocycles. The molecule has 0 atom stereocenters. The predicted molar refractivity (Wildman–Crippen MR) is 114 cm³/mol. The monoisotopic (exact) mass is 405 g/mol. The number of benzene rings is 2. The maximum atomic E-state index is 12.9. The minimum absolute atomic E-state index is 0.216. The van der Waals surface area contributed by atoms with Gasteiger partial charge in [0.25, 0.3) is 17.7 Å². The Bertz CT molecular complexity index is 979. The van der Waals surface area contributed by atoms with Crippen LogP contribution in [-0.4, -0.2) is 53.7 Å². The van der Waals surface area contributed by atoms with Crippen molar-refractivity contribution in [2.75, 3.05) is 26.2 Å². The zero-order chi connectivity index (χ0) is 21.1. The molecule has 3 amide bonds. The maximum Gasteiger partial charge on any atom is 0.261 e. The average molecular weight is 405 g/mol. The second kappa shape index (κ2) is 8.79. The van der Waals surface area contributed by atoms with Crippen molar-refractivity contribution in [3.63, 3.8) is 0 Å². The van der Waals surface area contributed by atoms with Crippen LogP contribution in [0.3, 0.4) is 0 Å². The number of carbonyl (C=O) groups is 3. The number of fused-ring (bicyclic) bond motifs is 1. The molecule has 0 unspecified atom stereocenters. The minimum Gasteiger partial charge on any atom is -0.351 e. The number of rotatable bonds is 6. The van der Waals surface area contributed by atoms with Crippen LogP contribution in [0, 0.1) is 6.92 Å². The minimum atomic E-state index is -0.348. The van der Waals surface area contributed by atoms with Crippen molar-refractivity contribution in [2.45, 2.75) is 32.7 Å². The number of hydrogen-bond acceptors (Lipinski definition) is 4. The van der Waals surface area contributed by atoms with Crippen LogP contribution in [0.15, 0.2) is 42.5 Å². The highest BCUT2D eigenvalue weighted by Gasteiger charge is 2.36. The number of hydrogen-bond donors (Lipinski definition) is 1. The van der Waals surface area contributed by atoms with Crippen molar-refractivity contribution in [3.8, 4) is 0 Å². The first-order chi connectivity index (χ1) is 14.5. The molecular formula is C24H27N3O3. The summed E-state index contributed by atoms with van der Waals surface area (Å²) < 4.78 is 0. The summed E-state index contributed by atoms with van der Waals surface area (Å²) in [5.74, 6) is -0.875. The summed E-state index contributed by atoms with van der Waals surface area (Å²) in [5.41, 5.74) is 3.05. The number of nitrogens with one attached hydrogen (secondary N) is 1. The molecule has 2 aromatic carbocycles. The summed E-state index contributed by atoms with van der Waals surface area (Å²) in [5, 5.41) is 2.93. The number of carbonyl (C=O) groups excluding carboxylic acids is 3. The van der Waals surface area contributed by atoms with E-state index in [1.54, 1.807) is 18.2 Å². The first kappa shape index (κ1) is 20.3. The molecule has 0 radical (unpaired) electrons. The Hall–Kier alpha value is -2.99. The molecule has 30 heavy (non-hydrogen) atoms. The summed E-state index contributed by atoms with van der Waals surface area (Å²) in [4.78, 5) is 41.7. The number of piperidine rings is 1. The van der Waals surface area contributed by atoms with Gasteiger partial charge in [-0.25, -0.2) is 0 Å². The summed E-state index contributed by atoms with van der Waals surface area (Å²) in [6.45, 7) is 5.78. The summed E-state index contributed by atoms with van der Waals surface area (Å²) >= 11 is 0. The standard InChI is InChI=1S/C24H27N3O3/c1-17-6-5-7-18(14-17)16-27-23(29)20-9-8-19(15-21(20)24(27)30)22(28)25-10-13-26-11-3-2-4-12-26/h5-9,14-15H,2-4,10-13,16H2,1H3,(H,25,28). The van der Waals surface area contributed by atoms with Gasteiger partial charge in [-0.2, -0.15) is 0 Å². The second-order valence-corrected chi connectivity index (χ2v) is 8.10. The van der Waals surface area contributed by atoms with Gasteiger partial charge in [0.15, 0.2) is 0 Å². The Morgan fingerprint density at radius 3 is 2.50 bits per heavy atom. The Kier molecular flexibility index (Phi) is 5.95. The van der Waals surface area contributed by atoms with E-state index < -0.39 is 0 Å². The second-order valence-electron chi connectivity index (χ2n) is 8.10. The Morgan fingerprint density at radius 1 is 0.967 bits per heavy atom. The van der Waals surface area contributed by atoms with E-state index in [1.807, 2.05) is 31.2 Å². The van der Waals surface area contributed by atoms with Gasteiger partial charge in [0.1, 0.15) is 0 Å². The van der Waals surface area contributed by atoms with E-state index in [1.165, 1.54) is 24.2 Å². The van der Waals surface area contributed by atoms with Crippen molar-refractivity contribution in [1.29, 1.82) is 0 Å². The van der Waals surface area contributed by atoms with Crippen LogP contribution in [-0.2, 0) is 6.54 Å². The van der Waals surface area contributed by atoms with Crippen LogP contribution in [0.4, 0.5) is 0 Å². The molecule has 0 aliphatic carbocycles. The first-order valence-corrected chi connectivity index (χ1v) is 10.6. The molecule has 4 rings (SSSR count). The van der Waals surface area contributed by atoms with Crippen molar-refractivity contribution in [1.82, 2.24) is 15.1 Å². The van der Waals surface area contributed by atoms with Gasteiger partial charge in [-0.05, 0) is 56.6 Å². The molecule has 0 aromatic heterocycles. The molecular weight excluding hydrogens is 378 g/mol. The maximum absolute atomic E-state index is 12.9. The quantitative estimate of drug-likeness (QED) is 0.750. The third-order valence-electron chi connectivity index (χ3n) is 5.82. The van der Waals surface area contributed by atoms with Gasteiger partial charge in [0, 0.05) is 18.7 Å². The van der Waals surface area contributed by atoms with Gasteiger partial charge in [-0.15, -0.1) is 0 Å². The van der Waals surface area contributed by atoms with E-state index in [4.69, 9.17) is 0 Å². The Labute approximate surface area is 176 Å². The third kappa shape index (κ3) is 4.28. The number of aryl methyl sites for hydroxylation is 1. The van der Waals surface area contributed by atoms with E-state index in [0.717, 1.165) is 30.8 Å². The molecule has 2 aromatic rings. The van der Waals surface area contributed by atoms with Crippen molar-refractivity contribution >= 4 is 17.7 Å². The molecule has 6 nitrogen and oxygen atoms in total. The molecule has 2 heterocycles. The lowest BCUT2D eigenvalue weighted by molar-refractivity contribution is 0.0642. The van der Waals surface area contributed by atoms with Gasteiger partial charge in [0.2, 0.25) is 0 Å². The van der Waals surface area contributed by atoms with E-state index in [-0.39, 0.29) is 24.3 Å². The summed E-state index contributed by atoms with van der Waals surface area (Å²) in [6, 6.07) is 12.5. The number of nitrogens with zero attached hydrogens (tertiary/aromatic N) is 2. The molecule has 156 valence electrons. The van der Waals surface area contributed by atoms with E-state index >= 15 is 0 Å². The van der Waals surface area contributed by atoms with Crippen LogP contribution in [0.5, 0.6) is 0 Å². The zero-order valence-electron chi connectivity index (χ0n) is 17.3. The lowest BCUT2D eigenvalue weighted by atomic mass is 10.1. The molecule has 0 saturated carbocycles. The van der Waals surface area contributed by atoms with Gasteiger partial charge in [0.05, 0.1) is 17.7 Å². The van der Waals surface area contributed by atoms with E-state index in [0.29, 0.717) is 23.2 Å². The molecule has 0 spiro atoms. The Morgan fingerprint density at radius 2 is 1.73 bits per heavy atom. The fraction of sp³-hybridized carbons (Fsp3) is 0.375. The van der Waals surface area contributed by atoms with Crippen LogP contribution in [0.1, 0.15) is 61.5 Å². The molecule has 0 bridgehead atoms. The number of imide groups is 1. The smallest absolute Gasteiger partial charge is 0.261 e. The summed E-state index contributed by atoms with van der Waals surface area (Å²) in [7, 11) is 0. The van der Waals surface area contributed by atoms with Gasteiger partial charge < -0.3 is 10.2 Å². The van der Waals surface area contributed by atoms with Crippen LogP contribution >= 0.6 is 0 Å². The highest BCUT2D eigenvalue weighted by molar-refractivity contribution is 6.22. The van der Waals surface area contributed by atoms with Crippen LogP contribution < -0.4 is 5.32 Å². The van der Waals surface area contributed by atoms with E-state index in [2.05, 4.69) is 10.2 Å². The average Bonchev–Trinajstić information content (AvgIpc) is 2.99.